The van der Waals surface area contributed by atoms with Crippen LogP contribution in [0.5, 0.6) is 0 Å². The Morgan fingerprint density at radius 2 is 0.705 bits per heavy atom. The molecule has 2 aliphatic rings. The van der Waals surface area contributed by atoms with Gasteiger partial charge in [-0.2, -0.15) is 0 Å². The van der Waals surface area contributed by atoms with Crippen LogP contribution in [0.25, 0.3) is 44.2 Å². The van der Waals surface area contributed by atoms with Gasteiger partial charge in [-0.25, -0.2) is 0 Å². The molecule has 0 fully saturated rings. The molecule has 12 rings (SSSR count). The Bertz CT molecular complexity index is 3160. The lowest BCUT2D eigenvalue weighted by molar-refractivity contribution is 0.793. The number of para-hydroxylation sites is 3. The molecule has 10 aromatic carbocycles. The molecule has 0 aromatic heterocycles. The van der Waals surface area contributed by atoms with E-state index in [9.17, 15) is 0 Å². The molecule has 61 heavy (non-hydrogen) atoms. The first-order chi connectivity index (χ1) is 30.3. The third kappa shape index (κ3) is 5.43. The molecule has 0 heterocycles. The van der Waals surface area contributed by atoms with Gasteiger partial charge in [-0.05, 0) is 128 Å². The van der Waals surface area contributed by atoms with Crippen LogP contribution in [-0.2, 0) is 5.41 Å². The smallest absolute Gasteiger partial charge is 0.0727 e. The Hall–Kier alpha value is -7.94. The van der Waals surface area contributed by atoms with Crippen LogP contribution in [0.4, 0.5) is 34.1 Å². The fraction of sp³-hybridized carbons (Fsp3) is 0.0169. The summed E-state index contributed by atoms with van der Waals surface area (Å²) >= 11 is 0. The summed E-state index contributed by atoms with van der Waals surface area (Å²) < 4.78 is 0. The monoisotopic (exact) mass is 776 g/mol. The predicted octanol–water partition coefficient (Wildman–Crippen LogP) is 15.8. The SMILES string of the molecule is c1ccc(N(c2ccc(-c3ccc4ccccc4c3)cc2)c2cc(N(c3ccccc3)c3ccccc3)c3c(c2)C2(c4ccccc4-c4ccccc42)c2ccccc2-3)cc1. The van der Waals surface area contributed by atoms with E-state index in [1.165, 1.54) is 66.4 Å². The number of fused-ring (bicyclic) bond motifs is 11. The average molecular weight is 777 g/mol. The van der Waals surface area contributed by atoms with Crippen LogP contribution in [0.1, 0.15) is 22.3 Å². The minimum atomic E-state index is -0.536. The summed E-state index contributed by atoms with van der Waals surface area (Å²) in [7, 11) is 0. The van der Waals surface area contributed by atoms with E-state index in [-0.39, 0.29) is 0 Å². The van der Waals surface area contributed by atoms with Crippen LogP contribution in [-0.4, -0.2) is 0 Å². The highest BCUT2D eigenvalue weighted by Gasteiger charge is 2.52. The van der Waals surface area contributed by atoms with Crippen molar-refractivity contribution in [2.45, 2.75) is 5.41 Å². The molecule has 2 heteroatoms. The van der Waals surface area contributed by atoms with E-state index in [2.05, 4.69) is 252 Å². The lowest BCUT2D eigenvalue weighted by atomic mass is 9.70. The van der Waals surface area contributed by atoms with E-state index in [4.69, 9.17) is 0 Å². The van der Waals surface area contributed by atoms with Gasteiger partial charge in [0.2, 0.25) is 0 Å². The van der Waals surface area contributed by atoms with E-state index in [1.807, 2.05) is 0 Å². The first-order valence-electron chi connectivity index (χ1n) is 21.1. The van der Waals surface area contributed by atoms with Crippen LogP contribution in [0.3, 0.4) is 0 Å². The minimum Gasteiger partial charge on any atom is -0.310 e. The van der Waals surface area contributed by atoms with Gasteiger partial charge in [0.05, 0.1) is 11.1 Å². The first-order valence-corrected chi connectivity index (χ1v) is 21.1. The predicted molar refractivity (Wildman–Crippen MR) is 255 cm³/mol. The molecule has 0 N–H and O–H groups in total. The van der Waals surface area contributed by atoms with E-state index in [0.717, 1.165) is 34.1 Å². The molecule has 0 radical (unpaired) electrons. The van der Waals surface area contributed by atoms with E-state index < -0.39 is 5.41 Å². The lowest BCUT2D eigenvalue weighted by Gasteiger charge is -2.34. The maximum atomic E-state index is 2.50. The van der Waals surface area contributed by atoms with Crippen molar-refractivity contribution in [2.24, 2.45) is 0 Å². The number of anilines is 6. The van der Waals surface area contributed by atoms with E-state index >= 15 is 0 Å². The summed E-state index contributed by atoms with van der Waals surface area (Å²) in [5, 5.41) is 2.49. The molecular weight excluding hydrogens is 737 g/mol. The topological polar surface area (TPSA) is 6.48 Å². The normalized spacial score (nSPS) is 12.7. The molecule has 0 aliphatic heterocycles. The fourth-order valence-corrected chi connectivity index (χ4v) is 10.3. The Morgan fingerprint density at radius 1 is 0.262 bits per heavy atom. The second kappa shape index (κ2) is 14.1. The summed E-state index contributed by atoms with van der Waals surface area (Å²) in [4.78, 5) is 4.89. The maximum absolute atomic E-state index is 2.50. The molecule has 0 atom stereocenters. The van der Waals surface area contributed by atoms with Crippen molar-refractivity contribution < 1.29 is 0 Å². The number of nitrogens with zero attached hydrogens (tertiary/aromatic N) is 2. The number of benzene rings is 10. The second-order valence-electron chi connectivity index (χ2n) is 16.1. The number of rotatable bonds is 7. The zero-order valence-electron chi connectivity index (χ0n) is 33.5. The molecule has 2 nitrogen and oxygen atoms in total. The summed E-state index contributed by atoms with van der Waals surface area (Å²) in [6.45, 7) is 0. The lowest BCUT2D eigenvalue weighted by Crippen LogP contribution is -2.26. The highest BCUT2D eigenvalue weighted by molar-refractivity contribution is 6.03. The Balaban J connectivity index is 1.16. The van der Waals surface area contributed by atoms with Crippen LogP contribution < -0.4 is 9.80 Å². The van der Waals surface area contributed by atoms with Crippen molar-refractivity contribution in [1.82, 2.24) is 0 Å². The zero-order chi connectivity index (χ0) is 40.3. The van der Waals surface area contributed by atoms with Gasteiger partial charge >= 0.3 is 0 Å². The quantitative estimate of drug-likeness (QED) is 0.159. The molecule has 0 saturated carbocycles. The fourth-order valence-electron chi connectivity index (χ4n) is 10.3. The molecule has 10 aromatic rings. The maximum Gasteiger partial charge on any atom is 0.0727 e. The molecule has 1 spiro atoms. The first kappa shape index (κ1) is 35.0. The standard InChI is InChI=1S/C59H40N2/c1-4-20-45(21-5-1)60(48-36-34-42(35-37-48)44-33-32-41-18-10-11-19-43(41)38-44)49-39-56-58(57(40-49)61(46-22-6-2-7-23-46)47-24-8-3-9-25-47)52-28-14-17-31-55(52)59(56)53-29-15-12-26-50(53)51-27-13-16-30-54(51)59/h1-40H. The van der Waals surface area contributed by atoms with Gasteiger partial charge in [-0.3, -0.25) is 0 Å². The molecular formula is C59H40N2. The molecule has 0 amide bonds. The van der Waals surface area contributed by atoms with Crippen LogP contribution in [0.2, 0.25) is 0 Å². The van der Waals surface area contributed by atoms with Crippen molar-refractivity contribution in [3.63, 3.8) is 0 Å². The summed E-state index contributed by atoms with van der Waals surface area (Å²) in [6, 6.07) is 89.1. The highest BCUT2D eigenvalue weighted by Crippen LogP contribution is 2.65. The van der Waals surface area contributed by atoms with Crippen molar-refractivity contribution in [3.05, 3.63) is 265 Å². The van der Waals surface area contributed by atoms with E-state index in [1.54, 1.807) is 0 Å². The Labute approximate surface area is 356 Å². The molecule has 286 valence electrons. The molecule has 2 aliphatic carbocycles. The minimum absolute atomic E-state index is 0.536. The Morgan fingerprint density at radius 3 is 1.30 bits per heavy atom. The third-order valence-corrected chi connectivity index (χ3v) is 12.8. The highest BCUT2D eigenvalue weighted by atomic mass is 15.2. The van der Waals surface area contributed by atoms with Gasteiger partial charge in [-0.15, -0.1) is 0 Å². The largest absolute Gasteiger partial charge is 0.310 e. The summed E-state index contributed by atoms with van der Waals surface area (Å²) in [5.74, 6) is 0. The number of hydrogen-bond acceptors (Lipinski definition) is 2. The van der Waals surface area contributed by atoms with Gasteiger partial charge in [0.1, 0.15) is 0 Å². The van der Waals surface area contributed by atoms with Crippen molar-refractivity contribution in [1.29, 1.82) is 0 Å². The summed E-state index contributed by atoms with van der Waals surface area (Å²) in [5.41, 5.74) is 18.8. The van der Waals surface area contributed by atoms with E-state index in [0.29, 0.717) is 0 Å². The van der Waals surface area contributed by atoms with Gasteiger partial charge < -0.3 is 9.80 Å². The van der Waals surface area contributed by atoms with Crippen molar-refractivity contribution in [2.75, 3.05) is 9.80 Å². The molecule has 0 unspecified atom stereocenters. The Kier molecular flexibility index (Phi) is 8.11. The average Bonchev–Trinajstić information content (AvgIpc) is 3.80. The van der Waals surface area contributed by atoms with Gasteiger partial charge in [0, 0.05) is 34.0 Å². The van der Waals surface area contributed by atoms with Crippen LogP contribution >= 0.6 is 0 Å². The van der Waals surface area contributed by atoms with Crippen LogP contribution in [0, 0.1) is 0 Å². The van der Waals surface area contributed by atoms with Crippen LogP contribution in [0.15, 0.2) is 243 Å². The molecule has 0 bridgehead atoms. The number of hydrogen-bond donors (Lipinski definition) is 0. The van der Waals surface area contributed by atoms with Gasteiger partial charge in [0.15, 0.2) is 0 Å². The second-order valence-corrected chi connectivity index (χ2v) is 16.1. The van der Waals surface area contributed by atoms with Crippen molar-refractivity contribution in [3.8, 4) is 33.4 Å². The third-order valence-electron chi connectivity index (χ3n) is 12.8. The molecule has 0 saturated heterocycles. The summed E-state index contributed by atoms with van der Waals surface area (Å²) in [6.07, 6.45) is 0. The van der Waals surface area contributed by atoms with Gasteiger partial charge in [0.25, 0.3) is 0 Å². The van der Waals surface area contributed by atoms with Crippen molar-refractivity contribution >= 4 is 44.9 Å². The van der Waals surface area contributed by atoms with Gasteiger partial charge in [-0.1, -0.05) is 176 Å². The zero-order valence-corrected chi connectivity index (χ0v) is 33.5.